The lowest BCUT2D eigenvalue weighted by Gasteiger charge is -2.20. The number of nitrogens with one attached hydrogen (secondary N) is 1. The SMILES string of the molecule is C#CCNCC(=O)N1CC(O)CC1C(=O)O. The lowest BCUT2D eigenvalue weighted by Crippen LogP contribution is -2.44. The number of amides is 1. The van der Waals surface area contributed by atoms with Crippen molar-refractivity contribution >= 4 is 11.9 Å². The minimum Gasteiger partial charge on any atom is -0.480 e. The van der Waals surface area contributed by atoms with Crippen molar-refractivity contribution in [2.45, 2.75) is 18.6 Å². The summed E-state index contributed by atoms with van der Waals surface area (Å²) in [7, 11) is 0. The smallest absolute Gasteiger partial charge is 0.326 e. The van der Waals surface area contributed by atoms with E-state index in [-0.39, 0.29) is 32.0 Å². The van der Waals surface area contributed by atoms with Crippen molar-refractivity contribution in [3.05, 3.63) is 0 Å². The van der Waals surface area contributed by atoms with E-state index in [1.54, 1.807) is 0 Å². The molecule has 3 N–H and O–H groups in total. The first-order chi connectivity index (χ1) is 7.56. The van der Waals surface area contributed by atoms with E-state index in [0.29, 0.717) is 0 Å². The molecule has 88 valence electrons. The van der Waals surface area contributed by atoms with Gasteiger partial charge < -0.3 is 15.1 Å². The summed E-state index contributed by atoms with van der Waals surface area (Å²) in [6.07, 6.45) is 4.31. The third kappa shape index (κ3) is 2.95. The molecule has 0 saturated carbocycles. The molecule has 6 heteroatoms. The van der Waals surface area contributed by atoms with Gasteiger partial charge in [-0.25, -0.2) is 4.79 Å². The van der Waals surface area contributed by atoms with Crippen molar-refractivity contribution in [1.29, 1.82) is 0 Å². The Bertz CT molecular complexity index is 323. The molecule has 2 atom stereocenters. The largest absolute Gasteiger partial charge is 0.480 e. The van der Waals surface area contributed by atoms with E-state index in [4.69, 9.17) is 11.5 Å². The van der Waals surface area contributed by atoms with E-state index in [1.807, 2.05) is 0 Å². The van der Waals surface area contributed by atoms with Gasteiger partial charge in [-0.3, -0.25) is 10.1 Å². The average molecular weight is 226 g/mol. The van der Waals surface area contributed by atoms with Gasteiger partial charge in [0.2, 0.25) is 5.91 Å². The van der Waals surface area contributed by atoms with Crippen LogP contribution in [-0.2, 0) is 9.59 Å². The van der Waals surface area contributed by atoms with Crippen molar-refractivity contribution in [1.82, 2.24) is 10.2 Å². The van der Waals surface area contributed by atoms with Gasteiger partial charge >= 0.3 is 5.97 Å². The fraction of sp³-hybridized carbons (Fsp3) is 0.600. The summed E-state index contributed by atoms with van der Waals surface area (Å²) in [6, 6.07) is -0.935. The number of carbonyl (C=O) groups is 2. The number of rotatable bonds is 4. The Morgan fingerprint density at radius 2 is 2.25 bits per heavy atom. The third-order valence-corrected chi connectivity index (χ3v) is 2.39. The predicted octanol–water partition coefficient (Wildman–Crippen LogP) is -1.74. The second-order valence-corrected chi connectivity index (χ2v) is 3.60. The maximum absolute atomic E-state index is 11.6. The van der Waals surface area contributed by atoms with Crippen LogP contribution in [0.5, 0.6) is 0 Å². The summed E-state index contributed by atoms with van der Waals surface area (Å²) in [5, 5.41) is 20.9. The van der Waals surface area contributed by atoms with Crippen LogP contribution in [0.2, 0.25) is 0 Å². The topological polar surface area (TPSA) is 89.9 Å². The van der Waals surface area contributed by atoms with E-state index in [1.165, 1.54) is 0 Å². The molecule has 1 aliphatic heterocycles. The van der Waals surface area contributed by atoms with Gasteiger partial charge in [-0.05, 0) is 0 Å². The van der Waals surface area contributed by atoms with Gasteiger partial charge in [0.25, 0.3) is 0 Å². The number of aliphatic carboxylic acids is 1. The van der Waals surface area contributed by atoms with Crippen LogP contribution in [0, 0.1) is 12.3 Å². The molecule has 1 fully saturated rings. The number of carboxylic acid groups (broad SMARTS) is 1. The molecule has 0 radical (unpaired) electrons. The lowest BCUT2D eigenvalue weighted by molar-refractivity contribution is -0.147. The Balaban J connectivity index is 2.54. The number of carboxylic acids is 1. The minimum atomic E-state index is -1.10. The highest BCUT2D eigenvalue weighted by Crippen LogP contribution is 2.17. The first-order valence-electron chi connectivity index (χ1n) is 4.90. The molecule has 0 aromatic carbocycles. The van der Waals surface area contributed by atoms with E-state index in [0.717, 1.165) is 4.90 Å². The summed E-state index contributed by atoms with van der Waals surface area (Å²) >= 11 is 0. The highest BCUT2D eigenvalue weighted by molar-refractivity contribution is 5.85. The fourth-order valence-corrected chi connectivity index (χ4v) is 1.67. The van der Waals surface area contributed by atoms with Crippen molar-refractivity contribution < 1.29 is 19.8 Å². The van der Waals surface area contributed by atoms with Crippen LogP contribution in [0.1, 0.15) is 6.42 Å². The van der Waals surface area contributed by atoms with Gasteiger partial charge in [-0.2, -0.15) is 0 Å². The maximum Gasteiger partial charge on any atom is 0.326 e. The standard InChI is InChI=1S/C10H14N2O4/c1-2-3-11-5-9(14)12-6-7(13)4-8(12)10(15)16/h1,7-8,11,13H,3-6H2,(H,15,16). The fourth-order valence-electron chi connectivity index (χ4n) is 1.67. The molecule has 0 spiro atoms. The zero-order valence-corrected chi connectivity index (χ0v) is 8.72. The monoisotopic (exact) mass is 226 g/mol. The van der Waals surface area contributed by atoms with Gasteiger partial charge in [0, 0.05) is 13.0 Å². The van der Waals surface area contributed by atoms with Crippen LogP contribution in [-0.4, -0.2) is 58.8 Å². The average Bonchev–Trinajstić information content (AvgIpc) is 2.61. The number of β-amino-alcohol motifs (C(OH)–C–C–N with tert-alkyl or cyclic N) is 1. The number of aliphatic hydroxyl groups excluding tert-OH is 1. The van der Waals surface area contributed by atoms with Crippen LogP contribution in [0.15, 0.2) is 0 Å². The molecule has 1 heterocycles. The molecule has 0 aromatic heterocycles. The molecular weight excluding hydrogens is 212 g/mol. The lowest BCUT2D eigenvalue weighted by atomic mass is 10.2. The Hall–Kier alpha value is -1.58. The molecule has 1 aliphatic rings. The summed E-state index contributed by atoms with van der Waals surface area (Å²) in [5.41, 5.74) is 0. The van der Waals surface area contributed by atoms with E-state index < -0.39 is 18.1 Å². The molecule has 6 nitrogen and oxygen atoms in total. The predicted molar refractivity (Wildman–Crippen MR) is 55.5 cm³/mol. The second kappa shape index (κ2) is 5.49. The zero-order chi connectivity index (χ0) is 12.1. The number of hydrogen-bond donors (Lipinski definition) is 3. The van der Waals surface area contributed by atoms with Crippen LogP contribution in [0.3, 0.4) is 0 Å². The number of likely N-dealkylation sites (tertiary alicyclic amines) is 1. The minimum absolute atomic E-state index is 0.0132. The molecule has 0 aliphatic carbocycles. The highest BCUT2D eigenvalue weighted by Gasteiger charge is 2.38. The summed E-state index contributed by atoms with van der Waals surface area (Å²) < 4.78 is 0. The Morgan fingerprint density at radius 1 is 1.56 bits per heavy atom. The summed E-state index contributed by atoms with van der Waals surface area (Å²) in [6.45, 7) is 0.300. The zero-order valence-electron chi connectivity index (χ0n) is 8.72. The number of carbonyl (C=O) groups excluding carboxylic acids is 1. The molecule has 1 saturated heterocycles. The second-order valence-electron chi connectivity index (χ2n) is 3.60. The number of aliphatic hydroxyl groups is 1. The summed E-state index contributed by atoms with van der Waals surface area (Å²) in [4.78, 5) is 23.6. The van der Waals surface area contributed by atoms with E-state index in [9.17, 15) is 14.7 Å². The van der Waals surface area contributed by atoms with Crippen molar-refractivity contribution in [2.24, 2.45) is 0 Å². The number of hydrogen-bond acceptors (Lipinski definition) is 4. The summed E-state index contributed by atoms with van der Waals surface area (Å²) in [5.74, 6) is 0.851. The molecule has 0 aromatic rings. The normalized spacial score (nSPS) is 24.1. The molecule has 2 unspecified atom stereocenters. The van der Waals surface area contributed by atoms with E-state index in [2.05, 4.69) is 11.2 Å². The van der Waals surface area contributed by atoms with Crippen LogP contribution in [0.25, 0.3) is 0 Å². The Kier molecular flexibility index (Phi) is 4.28. The van der Waals surface area contributed by atoms with Gasteiger partial charge in [0.1, 0.15) is 6.04 Å². The van der Waals surface area contributed by atoms with Gasteiger partial charge in [0.15, 0.2) is 0 Å². The van der Waals surface area contributed by atoms with Gasteiger partial charge in [-0.15, -0.1) is 6.42 Å². The Labute approximate surface area is 93.2 Å². The van der Waals surface area contributed by atoms with Crippen molar-refractivity contribution in [2.75, 3.05) is 19.6 Å². The molecule has 1 amide bonds. The first kappa shape index (κ1) is 12.5. The van der Waals surface area contributed by atoms with Crippen molar-refractivity contribution in [3.8, 4) is 12.3 Å². The first-order valence-corrected chi connectivity index (χ1v) is 4.90. The highest BCUT2D eigenvalue weighted by atomic mass is 16.4. The number of nitrogens with zero attached hydrogens (tertiary/aromatic N) is 1. The Morgan fingerprint density at radius 3 is 2.81 bits per heavy atom. The van der Waals surface area contributed by atoms with Crippen LogP contribution < -0.4 is 5.32 Å². The molecular formula is C10H14N2O4. The van der Waals surface area contributed by atoms with E-state index >= 15 is 0 Å². The quantitative estimate of drug-likeness (QED) is 0.391. The van der Waals surface area contributed by atoms with Gasteiger partial charge in [0.05, 0.1) is 19.2 Å². The molecule has 1 rings (SSSR count). The molecule has 0 bridgehead atoms. The maximum atomic E-state index is 11.6. The van der Waals surface area contributed by atoms with Gasteiger partial charge in [-0.1, -0.05) is 5.92 Å². The van der Waals surface area contributed by atoms with Crippen LogP contribution >= 0.6 is 0 Å². The van der Waals surface area contributed by atoms with Crippen molar-refractivity contribution in [3.63, 3.8) is 0 Å². The number of terminal acetylenes is 1. The molecule has 16 heavy (non-hydrogen) atoms. The third-order valence-electron chi connectivity index (χ3n) is 2.39. The van der Waals surface area contributed by atoms with Crippen LogP contribution in [0.4, 0.5) is 0 Å².